The van der Waals surface area contributed by atoms with Gasteiger partial charge in [-0.25, -0.2) is 9.78 Å². The lowest BCUT2D eigenvalue weighted by Gasteiger charge is -2.18. The Bertz CT molecular complexity index is 723. The summed E-state index contributed by atoms with van der Waals surface area (Å²) in [5.41, 5.74) is 0.571. The molecule has 104 valence electrons. The van der Waals surface area contributed by atoms with Crippen molar-refractivity contribution < 1.29 is 9.59 Å². The Balaban J connectivity index is 2.40. The Labute approximate surface area is 114 Å². The second-order valence-electron chi connectivity index (χ2n) is 4.17. The van der Waals surface area contributed by atoms with Crippen LogP contribution in [0.3, 0.4) is 0 Å². The maximum absolute atomic E-state index is 11.9. The van der Waals surface area contributed by atoms with Gasteiger partial charge in [0.2, 0.25) is 5.91 Å². The number of aromatic nitrogens is 2. The standard InChI is InChI=1S/C13H14N4O3/c1-9(18)17(13(20)14-2)8-10-7-12(19)16-6-4-3-5-11(16)15-10/h3-7H,8H2,1-2H3,(H,14,20). The molecule has 0 spiro atoms. The van der Waals surface area contributed by atoms with Crippen molar-refractivity contribution in [3.05, 3.63) is 46.5 Å². The smallest absolute Gasteiger partial charge is 0.324 e. The number of fused-ring (bicyclic) bond motifs is 1. The molecule has 0 aliphatic heterocycles. The van der Waals surface area contributed by atoms with Gasteiger partial charge in [0.25, 0.3) is 5.56 Å². The number of hydrogen-bond acceptors (Lipinski definition) is 4. The van der Waals surface area contributed by atoms with Crippen LogP contribution >= 0.6 is 0 Å². The average molecular weight is 274 g/mol. The lowest BCUT2D eigenvalue weighted by molar-refractivity contribution is -0.126. The topological polar surface area (TPSA) is 83.8 Å². The first kappa shape index (κ1) is 13.7. The fraction of sp³-hybridized carbons (Fsp3) is 0.231. The number of hydrogen-bond donors (Lipinski definition) is 1. The first-order chi connectivity index (χ1) is 9.52. The predicted molar refractivity (Wildman–Crippen MR) is 72.1 cm³/mol. The van der Waals surface area contributed by atoms with Gasteiger partial charge >= 0.3 is 6.03 Å². The van der Waals surface area contributed by atoms with Crippen molar-refractivity contribution in [3.63, 3.8) is 0 Å². The van der Waals surface area contributed by atoms with Gasteiger partial charge in [0, 0.05) is 26.2 Å². The van der Waals surface area contributed by atoms with Gasteiger partial charge in [0.15, 0.2) is 0 Å². The fourth-order valence-corrected chi connectivity index (χ4v) is 1.81. The highest BCUT2D eigenvalue weighted by Gasteiger charge is 2.18. The van der Waals surface area contributed by atoms with E-state index in [-0.39, 0.29) is 12.1 Å². The number of amides is 3. The minimum Gasteiger partial charge on any atom is -0.341 e. The zero-order valence-corrected chi connectivity index (χ0v) is 11.2. The molecule has 0 bridgehead atoms. The molecule has 20 heavy (non-hydrogen) atoms. The number of carbonyl (C=O) groups excluding carboxylic acids is 2. The molecule has 7 nitrogen and oxygen atoms in total. The maximum atomic E-state index is 11.9. The third-order valence-corrected chi connectivity index (χ3v) is 2.78. The molecule has 0 saturated carbocycles. The van der Waals surface area contributed by atoms with Crippen LogP contribution in [0, 0.1) is 0 Å². The summed E-state index contributed by atoms with van der Waals surface area (Å²) in [4.78, 5) is 40.2. The maximum Gasteiger partial charge on any atom is 0.324 e. The van der Waals surface area contributed by atoms with E-state index in [0.29, 0.717) is 11.3 Å². The molecular formula is C13H14N4O3. The minimum absolute atomic E-state index is 0.0460. The van der Waals surface area contributed by atoms with Crippen molar-refractivity contribution in [2.45, 2.75) is 13.5 Å². The van der Waals surface area contributed by atoms with E-state index in [0.717, 1.165) is 4.90 Å². The Morgan fingerprint density at radius 3 is 2.80 bits per heavy atom. The summed E-state index contributed by atoms with van der Waals surface area (Å²) >= 11 is 0. The summed E-state index contributed by atoms with van der Waals surface area (Å²) in [6, 6.07) is 5.94. The largest absolute Gasteiger partial charge is 0.341 e. The summed E-state index contributed by atoms with van der Waals surface area (Å²) in [6.07, 6.45) is 1.61. The van der Waals surface area contributed by atoms with Crippen molar-refractivity contribution in [1.29, 1.82) is 0 Å². The normalized spacial score (nSPS) is 10.3. The molecule has 3 amide bonds. The van der Waals surface area contributed by atoms with Crippen molar-refractivity contribution in [2.75, 3.05) is 7.05 Å². The Morgan fingerprint density at radius 2 is 2.15 bits per heavy atom. The number of urea groups is 1. The molecular weight excluding hydrogens is 260 g/mol. The lowest BCUT2D eigenvalue weighted by Crippen LogP contribution is -2.41. The molecule has 0 aliphatic carbocycles. The number of pyridine rings is 1. The van der Waals surface area contributed by atoms with Gasteiger partial charge in [-0.3, -0.25) is 18.9 Å². The van der Waals surface area contributed by atoms with Crippen LogP contribution in [0.1, 0.15) is 12.6 Å². The van der Waals surface area contributed by atoms with Gasteiger partial charge in [-0.2, -0.15) is 0 Å². The van der Waals surface area contributed by atoms with E-state index < -0.39 is 11.9 Å². The van der Waals surface area contributed by atoms with Crippen molar-refractivity contribution >= 4 is 17.6 Å². The quantitative estimate of drug-likeness (QED) is 0.858. The van der Waals surface area contributed by atoms with Gasteiger partial charge < -0.3 is 5.32 Å². The SMILES string of the molecule is CNC(=O)N(Cc1cc(=O)n2ccccc2n1)C(C)=O. The van der Waals surface area contributed by atoms with Gasteiger partial charge in [0.05, 0.1) is 12.2 Å². The van der Waals surface area contributed by atoms with Crippen molar-refractivity contribution in [3.8, 4) is 0 Å². The third kappa shape index (κ3) is 2.66. The van der Waals surface area contributed by atoms with Gasteiger partial charge in [0.1, 0.15) is 5.65 Å². The second-order valence-corrected chi connectivity index (χ2v) is 4.17. The van der Waals surface area contributed by atoms with E-state index >= 15 is 0 Å². The Kier molecular flexibility index (Phi) is 3.79. The van der Waals surface area contributed by atoms with Crippen LogP contribution in [0.25, 0.3) is 5.65 Å². The van der Waals surface area contributed by atoms with Gasteiger partial charge in [-0.15, -0.1) is 0 Å². The van der Waals surface area contributed by atoms with Crippen LogP contribution in [0.15, 0.2) is 35.3 Å². The monoisotopic (exact) mass is 274 g/mol. The summed E-state index contributed by atoms with van der Waals surface area (Å²) < 4.78 is 1.39. The van der Waals surface area contributed by atoms with E-state index in [1.807, 2.05) is 0 Å². The number of rotatable bonds is 2. The molecule has 0 unspecified atom stereocenters. The van der Waals surface area contributed by atoms with Gasteiger partial charge in [-0.05, 0) is 12.1 Å². The summed E-state index contributed by atoms with van der Waals surface area (Å²) in [5.74, 6) is -0.417. The third-order valence-electron chi connectivity index (χ3n) is 2.78. The van der Waals surface area contributed by atoms with Crippen LogP contribution in [-0.2, 0) is 11.3 Å². The molecule has 7 heteroatoms. The zero-order valence-electron chi connectivity index (χ0n) is 11.2. The molecule has 1 N–H and O–H groups in total. The number of nitrogens with zero attached hydrogens (tertiary/aromatic N) is 3. The minimum atomic E-state index is -0.535. The van der Waals surface area contributed by atoms with Crippen molar-refractivity contribution in [1.82, 2.24) is 19.6 Å². The van der Waals surface area contributed by atoms with Crippen LogP contribution < -0.4 is 10.9 Å². The molecule has 2 rings (SSSR count). The highest BCUT2D eigenvalue weighted by molar-refractivity contribution is 5.92. The average Bonchev–Trinajstić information content (AvgIpc) is 2.43. The van der Waals surface area contributed by atoms with Crippen LogP contribution in [0.4, 0.5) is 4.79 Å². The first-order valence-electron chi connectivity index (χ1n) is 6.00. The van der Waals surface area contributed by atoms with Crippen LogP contribution in [-0.4, -0.2) is 33.3 Å². The Hall–Kier alpha value is -2.70. The van der Waals surface area contributed by atoms with E-state index in [1.165, 1.54) is 24.4 Å². The first-order valence-corrected chi connectivity index (χ1v) is 6.00. The molecule has 0 radical (unpaired) electrons. The highest BCUT2D eigenvalue weighted by Crippen LogP contribution is 2.03. The van der Waals surface area contributed by atoms with Crippen molar-refractivity contribution in [2.24, 2.45) is 0 Å². The second kappa shape index (κ2) is 5.52. The molecule has 2 aromatic heterocycles. The molecule has 0 fully saturated rings. The van der Waals surface area contributed by atoms with E-state index in [9.17, 15) is 14.4 Å². The van der Waals surface area contributed by atoms with Crippen LogP contribution in [0.5, 0.6) is 0 Å². The predicted octanol–water partition coefficient (Wildman–Crippen LogP) is 0.382. The zero-order chi connectivity index (χ0) is 14.7. The number of nitrogens with one attached hydrogen (secondary N) is 1. The lowest BCUT2D eigenvalue weighted by atomic mass is 10.3. The molecule has 0 aliphatic rings. The van der Waals surface area contributed by atoms with Crippen LogP contribution in [0.2, 0.25) is 0 Å². The summed E-state index contributed by atoms with van der Waals surface area (Å²) in [7, 11) is 1.43. The van der Waals surface area contributed by atoms with E-state index in [4.69, 9.17) is 0 Å². The fourth-order valence-electron chi connectivity index (χ4n) is 1.81. The number of carbonyl (C=O) groups is 2. The molecule has 2 aromatic rings. The number of imide groups is 1. The van der Waals surface area contributed by atoms with Gasteiger partial charge in [-0.1, -0.05) is 6.07 Å². The molecule has 0 saturated heterocycles. The highest BCUT2D eigenvalue weighted by atomic mass is 16.2. The van der Waals surface area contributed by atoms with E-state index in [2.05, 4.69) is 10.3 Å². The Morgan fingerprint density at radius 1 is 1.40 bits per heavy atom. The summed E-state index contributed by atoms with van der Waals surface area (Å²) in [6.45, 7) is 1.23. The molecule has 0 aromatic carbocycles. The summed E-state index contributed by atoms with van der Waals surface area (Å²) in [5, 5.41) is 2.37. The molecule has 2 heterocycles. The van der Waals surface area contributed by atoms with E-state index in [1.54, 1.807) is 24.4 Å². The molecule has 0 atom stereocenters.